The molecule has 1 saturated carbocycles. The summed E-state index contributed by atoms with van der Waals surface area (Å²) in [5.74, 6) is 0.734. The van der Waals surface area contributed by atoms with Gasteiger partial charge in [0.2, 0.25) is 0 Å². The van der Waals surface area contributed by atoms with E-state index >= 15 is 0 Å². The van der Waals surface area contributed by atoms with Crippen molar-refractivity contribution >= 4 is 0 Å². The van der Waals surface area contributed by atoms with Gasteiger partial charge in [0.25, 0.3) is 0 Å². The third-order valence-corrected chi connectivity index (χ3v) is 5.64. The normalized spacial score (nSPS) is 36.5. The maximum Gasteiger partial charge on any atom is 0.0645 e. The molecule has 0 amide bonds. The van der Waals surface area contributed by atoms with Crippen molar-refractivity contribution in [2.75, 3.05) is 52.6 Å². The molecule has 0 radical (unpaired) electrons. The molecule has 128 valence electrons. The lowest BCUT2D eigenvalue weighted by atomic mass is 9.94. The monoisotopic (exact) mass is 311 g/mol. The Kier molecular flexibility index (Phi) is 5.74. The number of hydrogen-bond donors (Lipinski definition) is 2. The van der Waals surface area contributed by atoms with Crippen LogP contribution in [0.2, 0.25) is 0 Å². The van der Waals surface area contributed by atoms with Gasteiger partial charge in [0.15, 0.2) is 0 Å². The quantitative estimate of drug-likeness (QED) is 0.788. The third kappa shape index (κ3) is 4.01. The number of rotatable bonds is 5. The highest BCUT2D eigenvalue weighted by atomic mass is 16.5. The molecule has 3 fully saturated rings. The summed E-state index contributed by atoms with van der Waals surface area (Å²) in [6.45, 7) is 12.3. The first-order valence-corrected chi connectivity index (χ1v) is 9.04. The molecule has 2 N–H and O–H groups in total. The van der Waals surface area contributed by atoms with Gasteiger partial charge >= 0.3 is 0 Å². The van der Waals surface area contributed by atoms with E-state index in [0.29, 0.717) is 12.1 Å². The van der Waals surface area contributed by atoms with Crippen molar-refractivity contribution < 1.29 is 9.47 Å². The van der Waals surface area contributed by atoms with E-state index in [9.17, 15) is 0 Å². The topological polar surface area (TPSA) is 45.8 Å². The molecule has 0 aromatic heterocycles. The summed E-state index contributed by atoms with van der Waals surface area (Å²) in [7, 11) is 0. The molecule has 3 rings (SSSR count). The molecule has 22 heavy (non-hydrogen) atoms. The van der Waals surface area contributed by atoms with Gasteiger partial charge in [-0.25, -0.2) is 0 Å². The van der Waals surface area contributed by atoms with Crippen LogP contribution in [0.5, 0.6) is 0 Å². The first-order chi connectivity index (χ1) is 10.7. The van der Waals surface area contributed by atoms with Crippen LogP contribution in [0.15, 0.2) is 0 Å². The van der Waals surface area contributed by atoms with E-state index < -0.39 is 0 Å². The lowest BCUT2D eigenvalue weighted by Gasteiger charge is -2.42. The van der Waals surface area contributed by atoms with E-state index in [1.54, 1.807) is 0 Å². The van der Waals surface area contributed by atoms with Crippen molar-refractivity contribution in [3.05, 3.63) is 0 Å². The van der Waals surface area contributed by atoms with Crippen molar-refractivity contribution in [2.45, 2.75) is 50.7 Å². The van der Waals surface area contributed by atoms with Crippen LogP contribution in [0, 0.1) is 5.92 Å². The molecule has 0 aromatic rings. The minimum atomic E-state index is 0.174. The Balaban J connectivity index is 1.44. The van der Waals surface area contributed by atoms with Crippen molar-refractivity contribution in [2.24, 2.45) is 5.92 Å². The molecule has 5 nitrogen and oxygen atoms in total. The van der Waals surface area contributed by atoms with Crippen molar-refractivity contribution in [3.63, 3.8) is 0 Å². The number of nitrogens with one attached hydrogen (secondary N) is 2. The lowest BCUT2D eigenvalue weighted by molar-refractivity contribution is -0.0504. The second-order valence-corrected chi connectivity index (χ2v) is 7.64. The van der Waals surface area contributed by atoms with E-state index in [-0.39, 0.29) is 5.54 Å². The summed E-state index contributed by atoms with van der Waals surface area (Å²) in [6, 6.07) is 1.21. The molecule has 2 aliphatic heterocycles. The summed E-state index contributed by atoms with van der Waals surface area (Å²) < 4.78 is 11.3. The summed E-state index contributed by atoms with van der Waals surface area (Å²) in [5.41, 5.74) is 0.174. The average Bonchev–Trinajstić information content (AvgIpc) is 2.98. The SMILES string of the molecule is CC1(C)COCCN1CCNC1CCCC1C1COCCN1. The largest absolute Gasteiger partial charge is 0.379 e. The van der Waals surface area contributed by atoms with Crippen LogP contribution >= 0.6 is 0 Å². The fourth-order valence-electron chi connectivity index (χ4n) is 4.27. The molecule has 3 aliphatic rings. The van der Waals surface area contributed by atoms with Crippen LogP contribution in [-0.4, -0.2) is 75.1 Å². The highest BCUT2D eigenvalue weighted by Gasteiger charge is 2.35. The molecule has 2 saturated heterocycles. The third-order valence-electron chi connectivity index (χ3n) is 5.64. The maximum atomic E-state index is 5.66. The maximum absolute atomic E-state index is 5.66. The molecule has 0 bridgehead atoms. The molecule has 5 heteroatoms. The predicted molar refractivity (Wildman–Crippen MR) is 88.2 cm³/mol. The van der Waals surface area contributed by atoms with Gasteiger partial charge in [-0.2, -0.15) is 0 Å². The Morgan fingerprint density at radius 1 is 1.23 bits per heavy atom. The van der Waals surface area contributed by atoms with Crippen LogP contribution < -0.4 is 10.6 Å². The van der Waals surface area contributed by atoms with Crippen molar-refractivity contribution in [1.82, 2.24) is 15.5 Å². The molecule has 2 heterocycles. The number of morpholine rings is 2. The zero-order chi connectivity index (χ0) is 15.4. The van der Waals surface area contributed by atoms with Gasteiger partial charge in [-0.15, -0.1) is 0 Å². The second kappa shape index (κ2) is 7.58. The van der Waals surface area contributed by atoms with Crippen molar-refractivity contribution in [1.29, 1.82) is 0 Å². The van der Waals surface area contributed by atoms with Crippen molar-refractivity contribution in [3.8, 4) is 0 Å². The Morgan fingerprint density at radius 3 is 2.91 bits per heavy atom. The minimum absolute atomic E-state index is 0.174. The van der Waals surface area contributed by atoms with E-state index in [1.807, 2.05) is 0 Å². The highest BCUT2D eigenvalue weighted by Crippen LogP contribution is 2.29. The van der Waals surface area contributed by atoms with E-state index in [1.165, 1.54) is 19.3 Å². The number of ether oxygens (including phenoxy) is 2. The Labute approximate surface area is 135 Å². The first kappa shape index (κ1) is 16.7. The first-order valence-electron chi connectivity index (χ1n) is 9.04. The predicted octanol–water partition coefficient (Wildman–Crippen LogP) is 0.844. The standard InChI is InChI=1S/C17H33N3O2/c1-17(2)13-22-11-9-20(17)8-6-18-15-5-3-4-14(15)16-12-21-10-7-19-16/h14-16,18-19H,3-13H2,1-2H3. The molecular weight excluding hydrogens is 278 g/mol. The number of hydrogen-bond acceptors (Lipinski definition) is 5. The summed E-state index contributed by atoms with van der Waals surface area (Å²) in [5, 5.41) is 7.49. The molecule has 0 aromatic carbocycles. The van der Waals surface area contributed by atoms with Gasteiger partial charge in [0, 0.05) is 43.8 Å². The molecule has 0 spiro atoms. The Hall–Kier alpha value is -0.200. The molecule has 1 aliphatic carbocycles. The summed E-state index contributed by atoms with van der Waals surface area (Å²) >= 11 is 0. The fraction of sp³-hybridized carbons (Fsp3) is 1.00. The zero-order valence-corrected chi connectivity index (χ0v) is 14.3. The Morgan fingerprint density at radius 2 is 2.14 bits per heavy atom. The molecular formula is C17H33N3O2. The van der Waals surface area contributed by atoms with Gasteiger partial charge in [-0.3, -0.25) is 4.90 Å². The van der Waals surface area contributed by atoms with Gasteiger partial charge < -0.3 is 20.1 Å². The lowest BCUT2D eigenvalue weighted by Crippen LogP contribution is -2.56. The van der Waals surface area contributed by atoms with Gasteiger partial charge in [-0.1, -0.05) is 6.42 Å². The molecule has 3 unspecified atom stereocenters. The van der Waals surface area contributed by atoms with Crippen LogP contribution in [-0.2, 0) is 9.47 Å². The van der Waals surface area contributed by atoms with E-state index in [4.69, 9.17) is 9.47 Å². The zero-order valence-electron chi connectivity index (χ0n) is 14.3. The second-order valence-electron chi connectivity index (χ2n) is 7.64. The van der Waals surface area contributed by atoms with Crippen LogP contribution in [0.25, 0.3) is 0 Å². The average molecular weight is 311 g/mol. The van der Waals surface area contributed by atoms with Crippen LogP contribution in [0.1, 0.15) is 33.1 Å². The van der Waals surface area contributed by atoms with E-state index in [2.05, 4.69) is 29.4 Å². The minimum Gasteiger partial charge on any atom is -0.379 e. The summed E-state index contributed by atoms with van der Waals surface area (Å²) in [6.07, 6.45) is 4.00. The smallest absolute Gasteiger partial charge is 0.0645 e. The Bertz CT molecular complexity index is 345. The number of nitrogens with zero attached hydrogens (tertiary/aromatic N) is 1. The fourth-order valence-corrected chi connectivity index (χ4v) is 4.27. The van der Waals surface area contributed by atoms with E-state index in [0.717, 1.165) is 58.5 Å². The summed E-state index contributed by atoms with van der Waals surface area (Å²) in [4.78, 5) is 2.56. The molecule has 3 atom stereocenters. The van der Waals surface area contributed by atoms with Gasteiger partial charge in [0.1, 0.15) is 0 Å². The van der Waals surface area contributed by atoms with Gasteiger partial charge in [0.05, 0.1) is 26.4 Å². The van der Waals surface area contributed by atoms with Gasteiger partial charge in [-0.05, 0) is 32.6 Å². The van der Waals surface area contributed by atoms with Crippen LogP contribution in [0.3, 0.4) is 0 Å². The van der Waals surface area contributed by atoms with Crippen LogP contribution in [0.4, 0.5) is 0 Å². The highest BCUT2D eigenvalue weighted by molar-refractivity contribution is 4.92.